The summed E-state index contributed by atoms with van der Waals surface area (Å²) in [6, 6.07) is 5.94. The topological polar surface area (TPSA) is 46.3 Å². The van der Waals surface area contributed by atoms with Gasteiger partial charge in [0.1, 0.15) is 0 Å². The second kappa shape index (κ2) is 3.24. The Morgan fingerprint density at radius 3 is 2.81 bits per heavy atom. The molecule has 1 fully saturated rings. The Morgan fingerprint density at radius 2 is 2.19 bits per heavy atom. The van der Waals surface area contributed by atoms with E-state index in [0.717, 1.165) is 23.6 Å². The highest BCUT2D eigenvalue weighted by atomic mass is 16.2. The third-order valence-corrected chi connectivity index (χ3v) is 3.67. The van der Waals surface area contributed by atoms with Gasteiger partial charge < -0.3 is 10.6 Å². The number of carbonyl (C=O) groups is 1. The minimum atomic E-state index is 0.118. The van der Waals surface area contributed by atoms with E-state index in [1.165, 1.54) is 12.8 Å². The van der Waals surface area contributed by atoms with E-state index >= 15 is 0 Å². The standard InChI is InChI=1S/C13H16N2O/c1-8-10-3-2-4-11(14)12(10)13(16)15(8)7-9-5-6-9/h2-4,8-9H,5-7,14H2,1H3. The number of anilines is 1. The predicted molar refractivity (Wildman–Crippen MR) is 63.0 cm³/mol. The maximum Gasteiger partial charge on any atom is 0.256 e. The zero-order chi connectivity index (χ0) is 11.3. The summed E-state index contributed by atoms with van der Waals surface area (Å²) in [7, 11) is 0. The summed E-state index contributed by atoms with van der Waals surface area (Å²) in [5.41, 5.74) is 8.32. The Labute approximate surface area is 95.2 Å². The smallest absolute Gasteiger partial charge is 0.256 e. The summed E-state index contributed by atoms with van der Waals surface area (Å²) in [5.74, 6) is 0.842. The SMILES string of the molecule is CC1c2cccc(N)c2C(=O)N1CC1CC1. The lowest BCUT2D eigenvalue weighted by atomic mass is 10.0. The second-order valence-electron chi connectivity index (χ2n) is 4.89. The highest BCUT2D eigenvalue weighted by Crippen LogP contribution is 2.39. The first-order chi connectivity index (χ1) is 7.68. The van der Waals surface area contributed by atoms with Gasteiger partial charge in [0.05, 0.1) is 11.6 Å². The maximum atomic E-state index is 12.2. The number of hydrogen-bond donors (Lipinski definition) is 1. The van der Waals surface area contributed by atoms with Crippen LogP contribution in [0.2, 0.25) is 0 Å². The number of amides is 1. The highest BCUT2D eigenvalue weighted by molar-refractivity contribution is 6.03. The van der Waals surface area contributed by atoms with Gasteiger partial charge in [0.15, 0.2) is 0 Å². The van der Waals surface area contributed by atoms with E-state index in [9.17, 15) is 4.79 Å². The Balaban J connectivity index is 1.98. The first-order valence-corrected chi connectivity index (χ1v) is 5.88. The fourth-order valence-corrected chi connectivity index (χ4v) is 2.49. The van der Waals surface area contributed by atoms with E-state index in [4.69, 9.17) is 5.73 Å². The third-order valence-electron chi connectivity index (χ3n) is 3.67. The largest absolute Gasteiger partial charge is 0.398 e. The number of nitrogens with zero attached hydrogens (tertiary/aromatic N) is 1. The minimum Gasteiger partial charge on any atom is -0.398 e. The average Bonchev–Trinajstić information content (AvgIpc) is 3.03. The van der Waals surface area contributed by atoms with Crippen LogP contribution in [0.4, 0.5) is 5.69 Å². The molecular formula is C13H16N2O. The second-order valence-corrected chi connectivity index (χ2v) is 4.89. The van der Waals surface area contributed by atoms with Crippen LogP contribution in [0.15, 0.2) is 18.2 Å². The van der Waals surface area contributed by atoms with Crippen molar-refractivity contribution in [2.45, 2.75) is 25.8 Å². The van der Waals surface area contributed by atoms with E-state index in [1.54, 1.807) is 0 Å². The van der Waals surface area contributed by atoms with Gasteiger partial charge in [0, 0.05) is 12.2 Å². The number of carbonyl (C=O) groups excluding carboxylic acids is 1. The lowest BCUT2D eigenvalue weighted by molar-refractivity contribution is 0.0729. The van der Waals surface area contributed by atoms with E-state index in [1.807, 2.05) is 23.1 Å². The zero-order valence-electron chi connectivity index (χ0n) is 9.44. The number of nitrogens with two attached hydrogens (primary N) is 1. The Morgan fingerprint density at radius 1 is 1.44 bits per heavy atom. The van der Waals surface area contributed by atoms with Gasteiger partial charge in [-0.1, -0.05) is 12.1 Å². The van der Waals surface area contributed by atoms with Gasteiger partial charge in [0.2, 0.25) is 0 Å². The summed E-state index contributed by atoms with van der Waals surface area (Å²) in [5, 5.41) is 0. The molecule has 1 unspecified atom stereocenters. The van der Waals surface area contributed by atoms with Gasteiger partial charge in [-0.3, -0.25) is 4.79 Å². The van der Waals surface area contributed by atoms with E-state index in [0.29, 0.717) is 5.69 Å². The predicted octanol–water partition coefficient (Wildman–Crippen LogP) is 2.20. The van der Waals surface area contributed by atoms with Gasteiger partial charge in [-0.05, 0) is 37.3 Å². The molecule has 1 heterocycles. The van der Waals surface area contributed by atoms with E-state index in [2.05, 4.69) is 6.92 Å². The molecule has 1 aromatic rings. The summed E-state index contributed by atoms with van der Waals surface area (Å²) in [4.78, 5) is 14.2. The van der Waals surface area contributed by atoms with Crippen molar-refractivity contribution in [3.05, 3.63) is 29.3 Å². The molecule has 0 aromatic heterocycles. The lowest BCUT2D eigenvalue weighted by Gasteiger charge is -2.21. The molecule has 0 radical (unpaired) electrons. The molecular weight excluding hydrogens is 200 g/mol. The number of benzene rings is 1. The summed E-state index contributed by atoms with van der Waals surface area (Å²) in [6.45, 7) is 2.99. The molecule has 3 rings (SSSR count). The third kappa shape index (κ3) is 1.31. The fraction of sp³-hybridized carbons (Fsp3) is 0.462. The van der Waals surface area contributed by atoms with Crippen LogP contribution in [0.5, 0.6) is 0 Å². The molecule has 3 heteroatoms. The molecule has 0 saturated heterocycles. The molecule has 0 bridgehead atoms. The molecule has 1 aliphatic heterocycles. The number of nitrogen functional groups attached to an aromatic ring is 1. The van der Waals surface area contributed by atoms with Crippen molar-refractivity contribution in [1.82, 2.24) is 4.90 Å². The van der Waals surface area contributed by atoms with Crippen molar-refractivity contribution in [3.63, 3.8) is 0 Å². The van der Waals surface area contributed by atoms with Crippen LogP contribution >= 0.6 is 0 Å². The molecule has 0 spiro atoms. The first-order valence-electron chi connectivity index (χ1n) is 5.88. The number of fused-ring (bicyclic) bond motifs is 1. The van der Waals surface area contributed by atoms with Gasteiger partial charge in [-0.25, -0.2) is 0 Å². The van der Waals surface area contributed by atoms with E-state index in [-0.39, 0.29) is 11.9 Å². The molecule has 2 aliphatic rings. The molecule has 1 aliphatic carbocycles. The normalized spacial score (nSPS) is 23.7. The van der Waals surface area contributed by atoms with Crippen LogP contribution in [0, 0.1) is 5.92 Å². The Bertz CT molecular complexity index is 451. The van der Waals surface area contributed by atoms with Crippen molar-refractivity contribution >= 4 is 11.6 Å². The summed E-state index contributed by atoms with van der Waals surface area (Å²) < 4.78 is 0. The van der Waals surface area contributed by atoms with Crippen molar-refractivity contribution in [2.24, 2.45) is 5.92 Å². The average molecular weight is 216 g/mol. The minimum absolute atomic E-state index is 0.118. The van der Waals surface area contributed by atoms with Crippen molar-refractivity contribution in [1.29, 1.82) is 0 Å². The molecule has 3 nitrogen and oxygen atoms in total. The summed E-state index contributed by atoms with van der Waals surface area (Å²) >= 11 is 0. The monoisotopic (exact) mass is 216 g/mol. The summed E-state index contributed by atoms with van der Waals surface area (Å²) in [6.07, 6.45) is 2.53. The van der Waals surface area contributed by atoms with Gasteiger partial charge in [0.25, 0.3) is 5.91 Å². The molecule has 1 amide bonds. The lowest BCUT2D eigenvalue weighted by Crippen LogP contribution is -2.28. The zero-order valence-corrected chi connectivity index (χ0v) is 9.44. The Kier molecular flexibility index (Phi) is 1.96. The molecule has 1 aromatic carbocycles. The van der Waals surface area contributed by atoms with Gasteiger partial charge in [-0.2, -0.15) is 0 Å². The van der Waals surface area contributed by atoms with Gasteiger partial charge >= 0.3 is 0 Å². The molecule has 84 valence electrons. The van der Waals surface area contributed by atoms with Crippen LogP contribution in [0.3, 0.4) is 0 Å². The van der Waals surface area contributed by atoms with Crippen LogP contribution in [-0.4, -0.2) is 17.4 Å². The van der Waals surface area contributed by atoms with E-state index < -0.39 is 0 Å². The molecule has 16 heavy (non-hydrogen) atoms. The first kappa shape index (κ1) is 9.70. The van der Waals surface area contributed by atoms with Crippen molar-refractivity contribution in [3.8, 4) is 0 Å². The molecule has 1 saturated carbocycles. The fourth-order valence-electron chi connectivity index (χ4n) is 2.49. The van der Waals surface area contributed by atoms with Crippen molar-refractivity contribution < 1.29 is 4.79 Å². The number of rotatable bonds is 2. The maximum absolute atomic E-state index is 12.2. The highest BCUT2D eigenvalue weighted by Gasteiger charge is 2.38. The Hall–Kier alpha value is -1.51. The quantitative estimate of drug-likeness (QED) is 0.770. The van der Waals surface area contributed by atoms with Crippen LogP contribution in [0.1, 0.15) is 41.7 Å². The number of hydrogen-bond acceptors (Lipinski definition) is 2. The van der Waals surface area contributed by atoms with Crippen molar-refractivity contribution in [2.75, 3.05) is 12.3 Å². The molecule has 1 atom stereocenters. The van der Waals surface area contributed by atoms with Crippen LogP contribution in [0.25, 0.3) is 0 Å². The van der Waals surface area contributed by atoms with Gasteiger partial charge in [-0.15, -0.1) is 0 Å². The molecule has 2 N–H and O–H groups in total. The van der Waals surface area contributed by atoms with Crippen LogP contribution < -0.4 is 5.73 Å². The van der Waals surface area contributed by atoms with Crippen LogP contribution in [-0.2, 0) is 0 Å².